The van der Waals surface area contributed by atoms with Gasteiger partial charge < -0.3 is 10.4 Å². The van der Waals surface area contributed by atoms with Gasteiger partial charge in [-0.25, -0.2) is 0 Å². The van der Waals surface area contributed by atoms with E-state index < -0.39 is 17.9 Å². The number of carboxylic acid groups (broad SMARTS) is 1. The molecule has 1 amide bonds. The van der Waals surface area contributed by atoms with Crippen molar-refractivity contribution in [3.63, 3.8) is 0 Å². The Morgan fingerprint density at radius 2 is 1.87 bits per heavy atom. The van der Waals surface area contributed by atoms with Crippen molar-refractivity contribution < 1.29 is 14.7 Å². The molecule has 0 fully saturated rings. The molecule has 0 bridgehead atoms. The molecule has 0 aliphatic heterocycles. The number of aliphatic carboxylic acids is 1. The topological polar surface area (TPSA) is 69.6 Å². The van der Waals surface area contributed by atoms with E-state index in [0.29, 0.717) is 16.6 Å². The summed E-state index contributed by atoms with van der Waals surface area (Å²) in [7, 11) is 1.73. The average molecular weight is 361 g/mol. The molecular formula is C16H22Cl2N2O3. The Kier molecular flexibility index (Phi) is 7.32. The molecule has 1 rings (SSSR count). The molecule has 0 saturated heterocycles. The lowest BCUT2D eigenvalue weighted by molar-refractivity contribution is -0.142. The van der Waals surface area contributed by atoms with E-state index in [9.17, 15) is 9.59 Å². The van der Waals surface area contributed by atoms with Gasteiger partial charge in [-0.15, -0.1) is 0 Å². The Balaban J connectivity index is 2.68. The number of nitrogens with one attached hydrogen (secondary N) is 1. The highest BCUT2D eigenvalue weighted by atomic mass is 35.5. The van der Waals surface area contributed by atoms with Crippen molar-refractivity contribution in [2.75, 3.05) is 13.6 Å². The SMILES string of the molecule is CC(CN(C)C(C)C(=O)NC(C)c1ccc(Cl)cc1Cl)C(=O)O. The van der Waals surface area contributed by atoms with Crippen LogP contribution >= 0.6 is 23.2 Å². The van der Waals surface area contributed by atoms with Gasteiger partial charge >= 0.3 is 5.97 Å². The predicted octanol–water partition coefficient (Wildman–Crippen LogP) is 3.21. The van der Waals surface area contributed by atoms with E-state index in [0.717, 1.165) is 5.56 Å². The maximum Gasteiger partial charge on any atom is 0.307 e. The van der Waals surface area contributed by atoms with E-state index in [-0.39, 0.29) is 11.9 Å². The van der Waals surface area contributed by atoms with E-state index in [1.807, 2.05) is 6.92 Å². The normalized spacial score (nSPS) is 15.1. The Morgan fingerprint density at radius 1 is 1.26 bits per heavy atom. The number of likely N-dealkylation sites (N-methyl/N-ethyl adjacent to an activating group) is 1. The maximum atomic E-state index is 12.3. The first-order valence-corrected chi connectivity index (χ1v) is 8.07. The van der Waals surface area contributed by atoms with Crippen LogP contribution in [-0.2, 0) is 9.59 Å². The number of carbonyl (C=O) groups excluding carboxylic acids is 1. The minimum Gasteiger partial charge on any atom is -0.481 e. The third kappa shape index (κ3) is 5.68. The Bertz CT molecular complexity index is 580. The fourth-order valence-corrected chi connectivity index (χ4v) is 2.70. The Hall–Kier alpha value is -1.30. The summed E-state index contributed by atoms with van der Waals surface area (Å²) in [6.45, 7) is 5.47. The van der Waals surface area contributed by atoms with E-state index in [4.69, 9.17) is 28.3 Å². The number of benzene rings is 1. The summed E-state index contributed by atoms with van der Waals surface area (Å²) in [5.41, 5.74) is 0.776. The predicted molar refractivity (Wildman–Crippen MR) is 91.9 cm³/mol. The second-order valence-corrected chi connectivity index (χ2v) is 6.59. The molecule has 7 heteroatoms. The van der Waals surface area contributed by atoms with Gasteiger partial charge in [0, 0.05) is 16.6 Å². The number of amides is 1. The van der Waals surface area contributed by atoms with Crippen LogP contribution in [0.3, 0.4) is 0 Å². The van der Waals surface area contributed by atoms with Crippen molar-refractivity contribution >= 4 is 35.1 Å². The smallest absolute Gasteiger partial charge is 0.307 e. The van der Waals surface area contributed by atoms with Crippen molar-refractivity contribution in [1.82, 2.24) is 10.2 Å². The Morgan fingerprint density at radius 3 is 2.39 bits per heavy atom. The fourth-order valence-electron chi connectivity index (χ4n) is 2.13. The molecule has 1 aromatic carbocycles. The van der Waals surface area contributed by atoms with E-state index in [1.54, 1.807) is 44.0 Å². The zero-order valence-electron chi connectivity index (χ0n) is 13.6. The van der Waals surface area contributed by atoms with Gasteiger partial charge in [0.2, 0.25) is 5.91 Å². The van der Waals surface area contributed by atoms with Crippen molar-refractivity contribution in [3.05, 3.63) is 33.8 Å². The summed E-state index contributed by atoms with van der Waals surface area (Å²) in [6, 6.07) is 4.39. The van der Waals surface area contributed by atoms with Gasteiger partial charge in [-0.2, -0.15) is 0 Å². The van der Waals surface area contributed by atoms with Crippen molar-refractivity contribution in [2.24, 2.45) is 5.92 Å². The van der Waals surface area contributed by atoms with Crippen LogP contribution in [0.25, 0.3) is 0 Å². The highest BCUT2D eigenvalue weighted by Gasteiger charge is 2.23. The molecule has 2 N–H and O–H groups in total. The maximum absolute atomic E-state index is 12.3. The molecule has 23 heavy (non-hydrogen) atoms. The molecule has 3 unspecified atom stereocenters. The summed E-state index contributed by atoms with van der Waals surface area (Å²) in [4.78, 5) is 24.9. The molecule has 5 nitrogen and oxygen atoms in total. The van der Waals surface area contributed by atoms with Crippen molar-refractivity contribution in [1.29, 1.82) is 0 Å². The first-order chi connectivity index (χ1) is 10.6. The molecule has 0 radical (unpaired) electrons. The Labute approximate surface area is 146 Å². The number of carboxylic acids is 1. The first-order valence-electron chi connectivity index (χ1n) is 7.31. The molecule has 0 spiro atoms. The van der Waals surface area contributed by atoms with Crippen LogP contribution in [0.2, 0.25) is 10.0 Å². The highest BCUT2D eigenvalue weighted by molar-refractivity contribution is 6.35. The first kappa shape index (κ1) is 19.7. The lowest BCUT2D eigenvalue weighted by Crippen LogP contribution is -2.46. The zero-order valence-corrected chi connectivity index (χ0v) is 15.1. The number of nitrogens with zero attached hydrogens (tertiary/aromatic N) is 1. The summed E-state index contributed by atoms with van der Waals surface area (Å²) in [5, 5.41) is 12.9. The standard InChI is InChI=1S/C16H22Cl2N2O3/c1-9(16(22)23)8-20(4)11(3)15(21)19-10(2)13-6-5-12(17)7-14(13)18/h5-7,9-11H,8H2,1-4H3,(H,19,21)(H,22,23). The second-order valence-electron chi connectivity index (χ2n) is 5.75. The third-order valence-electron chi connectivity index (χ3n) is 3.81. The third-order valence-corrected chi connectivity index (χ3v) is 4.37. The van der Waals surface area contributed by atoms with Crippen LogP contribution < -0.4 is 5.32 Å². The average Bonchev–Trinajstić information content (AvgIpc) is 2.45. The van der Waals surface area contributed by atoms with Crippen LogP contribution in [0.1, 0.15) is 32.4 Å². The van der Waals surface area contributed by atoms with Crippen LogP contribution in [0.5, 0.6) is 0 Å². The summed E-state index contributed by atoms with van der Waals surface area (Å²) in [6.07, 6.45) is 0. The fraction of sp³-hybridized carbons (Fsp3) is 0.500. The molecule has 3 atom stereocenters. The molecule has 1 aromatic rings. The number of hydrogen-bond donors (Lipinski definition) is 2. The quantitative estimate of drug-likeness (QED) is 0.783. The van der Waals surface area contributed by atoms with Crippen LogP contribution in [0, 0.1) is 5.92 Å². The van der Waals surface area contributed by atoms with Gasteiger partial charge in [-0.1, -0.05) is 36.2 Å². The van der Waals surface area contributed by atoms with Crippen LogP contribution in [-0.4, -0.2) is 41.5 Å². The monoisotopic (exact) mass is 360 g/mol. The summed E-state index contributed by atoms with van der Waals surface area (Å²) >= 11 is 12.0. The van der Waals surface area contributed by atoms with E-state index in [1.165, 1.54) is 0 Å². The van der Waals surface area contributed by atoms with E-state index in [2.05, 4.69) is 5.32 Å². The highest BCUT2D eigenvalue weighted by Crippen LogP contribution is 2.26. The zero-order chi connectivity index (χ0) is 17.7. The van der Waals surface area contributed by atoms with Gasteiger partial charge in [0.05, 0.1) is 18.0 Å². The van der Waals surface area contributed by atoms with Gasteiger partial charge in [0.1, 0.15) is 0 Å². The largest absolute Gasteiger partial charge is 0.481 e. The van der Waals surface area contributed by atoms with Crippen LogP contribution in [0.15, 0.2) is 18.2 Å². The summed E-state index contributed by atoms with van der Waals surface area (Å²) in [5.74, 6) is -1.62. The molecule has 128 valence electrons. The minimum absolute atomic E-state index is 0.191. The van der Waals surface area contributed by atoms with Crippen LogP contribution in [0.4, 0.5) is 0 Å². The molecule has 0 aromatic heterocycles. The van der Waals surface area contributed by atoms with E-state index >= 15 is 0 Å². The minimum atomic E-state index is -0.884. The number of halogens is 2. The molecule has 0 aliphatic carbocycles. The summed E-state index contributed by atoms with van der Waals surface area (Å²) < 4.78 is 0. The van der Waals surface area contributed by atoms with Crippen molar-refractivity contribution in [3.8, 4) is 0 Å². The lowest BCUT2D eigenvalue weighted by Gasteiger charge is -2.27. The number of carbonyl (C=O) groups is 2. The van der Waals surface area contributed by atoms with Gasteiger partial charge in [0.25, 0.3) is 0 Å². The van der Waals surface area contributed by atoms with Gasteiger partial charge in [-0.05, 0) is 38.6 Å². The number of hydrogen-bond acceptors (Lipinski definition) is 3. The second kappa shape index (κ2) is 8.52. The molecule has 0 heterocycles. The molecular weight excluding hydrogens is 339 g/mol. The number of rotatable bonds is 7. The lowest BCUT2D eigenvalue weighted by atomic mass is 10.1. The molecule has 0 aliphatic rings. The van der Waals surface area contributed by atoms with Crippen molar-refractivity contribution in [2.45, 2.75) is 32.9 Å². The van der Waals surface area contributed by atoms with Gasteiger partial charge in [0.15, 0.2) is 0 Å². The molecule has 0 saturated carbocycles. The van der Waals surface area contributed by atoms with Gasteiger partial charge in [-0.3, -0.25) is 14.5 Å².